The normalized spacial score (nSPS) is 14.5. The summed E-state index contributed by atoms with van der Waals surface area (Å²) >= 11 is 0. The number of hydrogen-bond donors (Lipinski definition) is 0. The predicted molar refractivity (Wildman–Crippen MR) is 64.1 cm³/mol. The van der Waals surface area contributed by atoms with Crippen molar-refractivity contribution in [3.63, 3.8) is 0 Å². The van der Waals surface area contributed by atoms with Crippen LogP contribution in [0.15, 0.2) is 36.7 Å². The van der Waals surface area contributed by atoms with Crippen LogP contribution in [0.4, 0.5) is 0 Å². The van der Waals surface area contributed by atoms with Crippen LogP contribution in [0.1, 0.15) is 24.1 Å². The lowest BCUT2D eigenvalue weighted by Gasteiger charge is -2.15. The van der Waals surface area contributed by atoms with Crippen molar-refractivity contribution in [1.82, 2.24) is 9.97 Å². The minimum absolute atomic E-state index is 1.05. The summed E-state index contributed by atoms with van der Waals surface area (Å²) in [6, 6.07) is 8.35. The van der Waals surface area contributed by atoms with E-state index < -0.39 is 0 Å². The Labute approximate surface area is 95.4 Å². The summed E-state index contributed by atoms with van der Waals surface area (Å²) in [4.78, 5) is 8.88. The average molecular weight is 210 g/mol. The van der Waals surface area contributed by atoms with Crippen LogP contribution in [-0.2, 0) is 12.8 Å². The first-order chi connectivity index (χ1) is 7.93. The number of fused-ring (bicyclic) bond motifs is 1. The lowest BCUT2D eigenvalue weighted by molar-refractivity contribution is 0.668. The van der Waals surface area contributed by atoms with E-state index in [1.807, 2.05) is 12.3 Å². The van der Waals surface area contributed by atoms with Gasteiger partial charge >= 0.3 is 0 Å². The Kier molecular flexibility index (Phi) is 2.41. The molecule has 2 heterocycles. The summed E-state index contributed by atoms with van der Waals surface area (Å²) in [5.41, 5.74) is 4.87. The Morgan fingerprint density at radius 1 is 1.00 bits per heavy atom. The van der Waals surface area contributed by atoms with Gasteiger partial charge in [0.25, 0.3) is 0 Å². The molecule has 0 N–H and O–H groups in total. The van der Waals surface area contributed by atoms with Gasteiger partial charge in [-0.1, -0.05) is 6.07 Å². The van der Waals surface area contributed by atoms with E-state index in [4.69, 9.17) is 4.98 Å². The lowest BCUT2D eigenvalue weighted by atomic mass is 9.95. The van der Waals surface area contributed by atoms with Crippen LogP contribution in [0.5, 0.6) is 0 Å². The number of hydrogen-bond acceptors (Lipinski definition) is 2. The molecule has 2 aromatic rings. The Morgan fingerprint density at radius 2 is 1.94 bits per heavy atom. The van der Waals surface area contributed by atoms with Crippen LogP contribution in [0.3, 0.4) is 0 Å². The summed E-state index contributed by atoms with van der Waals surface area (Å²) in [6.45, 7) is 0. The van der Waals surface area contributed by atoms with Gasteiger partial charge in [0.05, 0.1) is 5.69 Å². The molecule has 0 unspecified atom stereocenters. The monoisotopic (exact) mass is 210 g/mol. The molecule has 0 bridgehead atoms. The number of aryl methyl sites for hydroxylation is 2. The zero-order valence-corrected chi connectivity index (χ0v) is 9.19. The van der Waals surface area contributed by atoms with Crippen LogP contribution < -0.4 is 0 Å². The van der Waals surface area contributed by atoms with Crippen molar-refractivity contribution in [3.8, 4) is 11.3 Å². The second kappa shape index (κ2) is 4.05. The van der Waals surface area contributed by atoms with Gasteiger partial charge in [-0.05, 0) is 49.4 Å². The second-order valence-electron chi connectivity index (χ2n) is 4.25. The Bertz CT molecular complexity index is 491. The standard InChI is InChI=1S/C14H14N2/c1-2-6-13-11(4-1)7-8-14(16-13)12-5-3-9-15-10-12/h3,5,7-10H,1-2,4,6H2. The Hall–Kier alpha value is -1.70. The lowest BCUT2D eigenvalue weighted by Crippen LogP contribution is -2.05. The van der Waals surface area contributed by atoms with Gasteiger partial charge in [0.15, 0.2) is 0 Å². The molecule has 16 heavy (non-hydrogen) atoms. The summed E-state index contributed by atoms with van der Waals surface area (Å²) < 4.78 is 0. The first kappa shape index (κ1) is 9.52. The maximum absolute atomic E-state index is 4.74. The fraction of sp³-hybridized carbons (Fsp3) is 0.286. The third kappa shape index (κ3) is 1.71. The molecule has 0 fully saturated rings. The zero-order chi connectivity index (χ0) is 10.8. The van der Waals surface area contributed by atoms with Crippen molar-refractivity contribution in [2.75, 3.05) is 0 Å². The van der Waals surface area contributed by atoms with E-state index in [-0.39, 0.29) is 0 Å². The summed E-state index contributed by atoms with van der Waals surface area (Å²) in [7, 11) is 0. The van der Waals surface area contributed by atoms with E-state index in [9.17, 15) is 0 Å². The molecule has 0 spiro atoms. The van der Waals surface area contributed by atoms with Crippen LogP contribution in [0.25, 0.3) is 11.3 Å². The molecule has 0 radical (unpaired) electrons. The highest BCUT2D eigenvalue weighted by molar-refractivity contribution is 5.58. The molecule has 2 aromatic heterocycles. The van der Waals surface area contributed by atoms with Crippen LogP contribution in [0, 0.1) is 0 Å². The second-order valence-corrected chi connectivity index (χ2v) is 4.25. The molecule has 1 aliphatic rings. The van der Waals surface area contributed by atoms with Crippen molar-refractivity contribution >= 4 is 0 Å². The summed E-state index contributed by atoms with van der Waals surface area (Å²) in [5, 5.41) is 0. The van der Waals surface area contributed by atoms with Gasteiger partial charge in [-0.25, -0.2) is 0 Å². The molecule has 0 saturated carbocycles. The molecule has 0 aromatic carbocycles. The minimum atomic E-state index is 1.05. The van der Waals surface area contributed by atoms with Crippen molar-refractivity contribution in [2.24, 2.45) is 0 Å². The van der Waals surface area contributed by atoms with Crippen LogP contribution in [-0.4, -0.2) is 9.97 Å². The number of nitrogens with zero attached hydrogens (tertiary/aromatic N) is 2. The van der Waals surface area contributed by atoms with Crippen molar-refractivity contribution in [1.29, 1.82) is 0 Å². The molecule has 2 nitrogen and oxygen atoms in total. The van der Waals surface area contributed by atoms with Gasteiger partial charge in [-0.3, -0.25) is 9.97 Å². The van der Waals surface area contributed by atoms with E-state index in [0.29, 0.717) is 0 Å². The Balaban J connectivity index is 2.03. The highest BCUT2D eigenvalue weighted by Crippen LogP contribution is 2.23. The molecular formula is C14H14N2. The number of rotatable bonds is 1. The van der Waals surface area contributed by atoms with Gasteiger partial charge in [0.1, 0.15) is 0 Å². The largest absolute Gasteiger partial charge is 0.264 e. The van der Waals surface area contributed by atoms with E-state index >= 15 is 0 Å². The van der Waals surface area contributed by atoms with Gasteiger partial charge in [0, 0.05) is 23.7 Å². The van der Waals surface area contributed by atoms with E-state index in [0.717, 1.165) is 17.7 Å². The quantitative estimate of drug-likeness (QED) is 0.723. The third-order valence-electron chi connectivity index (χ3n) is 3.14. The van der Waals surface area contributed by atoms with E-state index in [1.54, 1.807) is 6.20 Å². The minimum Gasteiger partial charge on any atom is -0.264 e. The van der Waals surface area contributed by atoms with E-state index in [2.05, 4.69) is 23.2 Å². The van der Waals surface area contributed by atoms with Crippen LogP contribution >= 0.6 is 0 Å². The average Bonchev–Trinajstić information content (AvgIpc) is 2.39. The van der Waals surface area contributed by atoms with Gasteiger partial charge in [-0.15, -0.1) is 0 Å². The topological polar surface area (TPSA) is 25.8 Å². The molecule has 80 valence electrons. The highest BCUT2D eigenvalue weighted by Gasteiger charge is 2.11. The molecule has 0 saturated heterocycles. The smallest absolute Gasteiger partial charge is 0.0720 e. The number of pyridine rings is 2. The summed E-state index contributed by atoms with van der Waals surface area (Å²) in [5.74, 6) is 0. The molecular weight excluding hydrogens is 196 g/mol. The van der Waals surface area contributed by atoms with Crippen molar-refractivity contribution < 1.29 is 0 Å². The first-order valence-electron chi connectivity index (χ1n) is 5.83. The highest BCUT2D eigenvalue weighted by atomic mass is 14.7. The first-order valence-corrected chi connectivity index (χ1v) is 5.83. The summed E-state index contributed by atoms with van der Waals surface area (Å²) in [6.07, 6.45) is 8.57. The molecule has 2 heteroatoms. The zero-order valence-electron chi connectivity index (χ0n) is 9.19. The molecule has 3 rings (SSSR count). The molecule has 0 atom stereocenters. The van der Waals surface area contributed by atoms with Gasteiger partial charge < -0.3 is 0 Å². The molecule has 0 amide bonds. The van der Waals surface area contributed by atoms with Crippen molar-refractivity contribution in [2.45, 2.75) is 25.7 Å². The van der Waals surface area contributed by atoms with Crippen LogP contribution in [0.2, 0.25) is 0 Å². The fourth-order valence-corrected chi connectivity index (χ4v) is 2.26. The predicted octanol–water partition coefficient (Wildman–Crippen LogP) is 3.02. The Morgan fingerprint density at radius 3 is 2.81 bits per heavy atom. The molecule has 1 aliphatic carbocycles. The third-order valence-corrected chi connectivity index (χ3v) is 3.14. The van der Waals surface area contributed by atoms with E-state index in [1.165, 1.54) is 30.5 Å². The van der Waals surface area contributed by atoms with Gasteiger partial charge in [-0.2, -0.15) is 0 Å². The van der Waals surface area contributed by atoms with Crippen molar-refractivity contribution in [3.05, 3.63) is 47.9 Å². The SMILES string of the molecule is c1cncc(-c2ccc3c(n2)CCCC3)c1. The molecule has 0 aliphatic heterocycles. The maximum atomic E-state index is 4.74. The fourth-order valence-electron chi connectivity index (χ4n) is 2.26. The maximum Gasteiger partial charge on any atom is 0.0720 e. The van der Waals surface area contributed by atoms with Gasteiger partial charge in [0.2, 0.25) is 0 Å². The number of aromatic nitrogens is 2.